The lowest BCUT2D eigenvalue weighted by Crippen LogP contribution is -2.48. The molecular weight excluding hydrogens is 439 g/mol. The molecule has 0 unspecified atom stereocenters. The molecule has 0 radical (unpaired) electrons. The molecule has 1 aromatic heterocycles. The van der Waals surface area contributed by atoms with Crippen LogP contribution in [-0.4, -0.2) is 41.9 Å². The van der Waals surface area contributed by atoms with E-state index >= 15 is 0 Å². The molecule has 7 heteroatoms. The number of halogens is 2. The van der Waals surface area contributed by atoms with Crippen LogP contribution >= 0.6 is 34.5 Å². The van der Waals surface area contributed by atoms with Gasteiger partial charge in [0.25, 0.3) is 5.91 Å². The van der Waals surface area contributed by atoms with Crippen molar-refractivity contribution in [3.63, 3.8) is 0 Å². The van der Waals surface area contributed by atoms with Crippen LogP contribution in [0.25, 0.3) is 0 Å². The Hall–Kier alpha value is -2.05. The fourth-order valence-corrected chi connectivity index (χ4v) is 4.70. The fraction of sp³-hybridized carbons (Fsp3) is 0.261. The van der Waals surface area contributed by atoms with Gasteiger partial charge >= 0.3 is 0 Å². The van der Waals surface area contributed by atoms with Crippen molar-refractivity contribution in [3.05, 3.63) is 86.0 Å². The van der Waals surface area contributed by atoms with E-state index in [0.717, 1.165) is 53.9 Å². The SMILES string of the molecule is O=C(c1cc(COc2cccc(Cl)c2)cs1)N1CCN(Cc2cccc(Cl)c2)CC1. The Morgan fingerprint density at radius 3 is 2.40 bits per heavy atom. The van der Waals surface area contributed by atoms with Crippen molar-refractivity contribution >= 4 is 40.4 Å². The standard InChI is InChI=1S/C23H22Cl2N2O2S/c24-19-4-1-3-17(11-19)14-26-7-9-27(10-8-26)23(28)22-12-18(16-30-22)15-29-21-6-2-5-20(25)13-21/h1-6,11-13,16H,7-10,14-15H2. The first-order chi connectivity index (χ1) is 14.6. The van der Waals surface area contributed by atoms with Crippen LogP contribution in [0.15, 0.2) is 60.0 Å². The number of carbonyl (C=O) groups excluding carboxylic acids is 1. The van der Waals surface area contributed by atoms with E-state index in [2.05, 4.69) is 11.0 Å². The Morgan fingerprint density at radius 1 is 0.933 bits per heavy atom. The van der Waals surface area contributed by atoms with Gasteiger partial charge in [-0.25, -0.2) is 0 Å². The lowest BCUT2D eigenvalue weighted by atomic mass is 10.2. The Balaban J connectivity index is 1.28. The summed E-state index contributed by atoms with van der Waals surface area (Å²) >= 11 is 13.5. The van der Waals surface area contributed by atoms with E-state index in [1.165, 1.54) is 16.9 Å². The van der Waals surface area contributed by atoms with Crippen LogP contribution in [0.4, 0.5) is 0 Å². The molecule has 30 heavy (non-hydrogen) atoms. The number of nitrogens with zero attached hydrogens (tertiary/aromatic N) is 2. The molecule has 1 fully saturated rings. The molecule has 3 aromatic rings. The Morgan fingerprint density at radius 2 is 1.67 bits per heavy atom. The molecule has 2 heterocycles. The first-order valence-electron chi connectivity index (χ1n) is 9.79. The molecule has 1 saturated heterocycles. The largest absolute Gasteiger partial charge is 0.489 e. The molecule has 0 atom stereocenters. The Kier molecular flexibility index (Phi) is 6.95. The zero-order valence-electron chi connectivity index (χ0n) is 16.4. The second-order valence-electron chi connectivity index (χ2n) is 7.26. The average molecular weight is 461 g/mol. The van der Waals surface area contributed by atoms with Crippen LogP contribution in [0.5, 0.6) is 5.75 Å². The third kappa shape index (κ3) is 5.55. The van der Waals surface area contributed by atoms with E-state index in [9.17, 15) is 4.79 Å². The third-order valence-corrected chi connectivity index (χ3v) is 6.46. The van der Waals surface area contributed by atoms with Gasteiger partial charge in [-0.1, -0.05) is 41.4 Å². The minimum Gasteiger partial charge on any atom is -0.489 e. The van der Waals surface area contributed by atoms with Crippen LogP contribution in [0.3, 0.4) is 0 Å². The average Bonchev–Trinajstić information content (AvgIpc) is 3.22. The van der Waals surface area contributed by atoms with E-state index in [4.69, 9.17) is 27.9 Å². The molecule has 0 aliphatic carbocycles. The molecular formula is C23H22Cl2N2O2S. The molecule has 1 aliphatic heterocycles. The van der Waals surface area contributed by atoms with Gasteiger partial charge in [0, 0.05) is 48.3 Å². The third-order valence-electron chi connectivity index (χ3n) is 5.02. The quantitative estimate of drug-likeness (QED) is 0.480. The number of hydrogen-bond donors (Lipinski definition) is 0. The lowest BCUT2D eigenvalue weighted by molar-refractivity contribution is 0.0633. The number of amides is 1. The summed E-state index contributed by atoms with van der Waals surface area (Å²) in [5.74, 6) is 0.814. The van der Waals surface area contributed by atoms with Crippen LogP contribution in [-0.2, 0) is 13.2 Å². The van der Waals surface area contributed by atoms with Crippen molar-refractivity contribution in [1.29, 1.82) is 0 Å². The van der Waals surface area contributed by atoms with Gasteiger partial charge in [0.2, 0.25) is 0 Å². The molecule has 4 nitrogen and oxygen atoms in total. The summed E-state index contributed by atoms with van der Waals surface area (Å²) in [4.78, 5) is 17.9. The summed E-state index contributed by atoms with van der Waals surface area (Å²) in [6.07, 6.45) is 0. The van der Waals surface area contributed by atoms with Gasteiger partial charge in [0.05, 0.1) is 4.88 Å². The van der Waals surface area contributed by atoms with Crippen LogP contribution in [0.1, 0.15) is 20.8 Å². The van der Waals surface area contributed by atoms with Crippen LogP contribution < -0.4 is 4.74 Å². The van der Waals surface area contributed by atoms with Gasteiger partial charge in [-0.15, -0.1) is 11.3 Å². The van der Waals surface area contributed by atoms with Crippen molar-refractivity contribution in [3.8, 4) is 5.75 Å². The van der Waals surface area contributed by atoms with E-state index in [0.29, 0.717) is 11.6 Å². The van der Waals surface area contributed by atoms with Gasteiger partial charge in [0.15, 0.2) is 0 Å². The molecule has 0 saturated carbocycles. The Bertz CT molecular complexity index is 1020. The second kappa shape index (κ2) is 9.84. The van der Waals surface area contributed by atoms with E-state index in [-0.39, 0.29) is 5.91 Å². The van der Waals surface area contributed by atoms with E-state index in [1.807, 2.05) is 52.7 Å². The molecule has 1 amide bonds. The van der Waals surface area contributed by atoms with Crippen molar-refractivity contribution in [1.82, 2.24) is 9.80 Å². The molecule has 2 aromatic carbocycles. The maximum atomic E-state index is 12.9. The predicted octanol–water partition coefficient (Wildman–Crippen LogP) is 5.59. The number of thiophene rings is 1. The monoisotopic (exact) mass is 460 g/mol. The molecule has 1 aliphatic rings. The maximum absolute atomic E-state index is 12.9. The highest BCUT2D eigenvalue weighted by Crippen LogP contribution is 2.22. The first-order valence-corrected chi connectivity index (χ1v) is 11.4. The van der Waals surface area contributed by atoms with Gasteiger partial charge in [-0.2, -0.15) is 0 Å². The highest BCUT2D eigenvalue weighted by atomic mass is 35.5. The number of benzene rings is 2. The number of piperazine rings is 1. The summed E-state index contributed by atoms with van der Waals surface area (Å²) in [5.41, 5.74) is 2.19. The highest BCUT2D eigenvalue weighted by molar-refractivity contribution is 7.12. The van der Waals surface area contributed by atoms with Gasteiger partial charge in [-0.05, 0) is 47.3 Å². The lowest BCUT2D eigenvalue weighted by Gasteiger charge is -2.34. The normalized spacial score (nSPS) is 14.7. The van der Waals surface area contributed by atoms with E-state index in [1.54, 1.807) is 6.07 Å². The number of hydrogen-bond acceptors (Lipinski definition) is 4. The zero-order chi connectivity index (χ0) is 20.9. The topological polar surface area (TPSA) is 32.8 Å². The summed E-state index contributed by atoms with van der Waals surface area (Å²) in [6.45, 7) is 4.43. The van der Waals surface area contributed by atoms with Crippen molar-refractivity contribution in [2.75, 3.05) is 26.2 Å². The Labute approximate surface area is 190 Å². The smallest absolute Gasteiger partial charge is 0.264 e. The zero-order valence-corrected chi connectivity index (χ0v) is 18.7. The molecule has 0 bridgehead atoms. The summed E-state index contributed by atoms with van der Waals surface area (Å²) in [6, 6.07) is 17.2. The summed E-state index contributed by atoms with van der Waals surface area (Å²) in [7, 11) is 0. The van der Waals surface area contributed by atoms with Gasteiger partial charge < -0.3 is 9.64 Å². The molecule has 0 N–H and O–H groups in total. The molecule has 0 spiro atoms. The van der Waals surface area contributed by atoms with E-state index < -0.39 is 0 Å². The first kappa shape index (κ1) is 21.2. The minimum atomic E-state index is 0.0939. The fourth-order valence-electron chi connectivity index (χ4n) is 3.45. The molecule has 156 valence electrons. The number of carbonyl (C=O) groups is 1. The summed E-state index contributed by atoms with van der Waals surface area (Å²) < 4.78 is 5.77. The van der Waals surface area contributed by atoms with Crippen molar-refractivity contribution in [2.45, 2.75) is 13.2 Å². The van der Waals surface area contributed by atoms with Crippen LogP contribution in [0.2, 0.25) is 10.0 Å². The molecule has 4 rings (SSSR count). The minimum absolute atomic E-state index is 0.0939. The highest BCUT2D eigenvalue weighted by Gasteiger charge is 2.23. The van der Waals surface area contributed by atoms with Gasteiger partial charge in [0.1, 0.15) is 12.4 Å². The van der Waals surface area contributed by atoms with Crippen LogP contribution in [0, 0.1) is 0 Å². The van der Waals surface area contributed by atoms with Crippen molar-refractivity contribution in [2.24, 2.45) is 0 Å². The summed E-state index contributed by atoms with van der Waals surface area (Å²) in [5, 5.41) is 3.38. The maximum Gasteiger partial charge on any atom is 0.264 e. The number of ether oxygens (including phenoxy) is 1. The predicted molar refractivity (Wildman–Crippen MR) is 123 cm³/mol. The van der Waals surface area contributed by atoms with Crippen molar-refractivity contribution < 1.29 is 9.53 Å². The van der Waals surface area contributed by atoms with Gasteiger partial charge in [-0.3, -0.25) is 9.69 Å². The second-order valence-corrected chi connectivity index (χ2v) is 9.05. The number of rotatable bonds is 6.